The molecule has 13 heteroatoms. The summed E-state index contributed by atoms with van der Waals surface area (Å²) in [5.41, 5.74) is -1.78. The van der Waals surface area contributed by atoms with E-state index in [1.165, 1.54) is 4.90 Å². The van der Waals surface area contributed by atoms with Crippen LogP contribution in [0.1, 0.15) is 28.8 Å². The molecule has 0 atom stereocenters. The summed E-state index contributed by atoms with van der Waals surface area (Å²) in [6.07, 6.45) is -9.99. The molecule has 1 N–H and O–H groups in total. The van der Waals surface area contributed by atoms with E-state index in [0.29, 0.717) is 6.07 Å². The van der Waals surface area contributed by atoms with E-state index in [1.54, 1.807) is 0 Å². The van der Waals surface area contributed by atoms with Crippen LogP contribution in [0, 0.1) is 11.7 Å². The molecule has 1 heterocycles. The first-order chi connectivity index (χ1) is 15.3. The SMILES string of the molecule is O=[S+]c1cc(NC(=O)c2cc(Cl)c(C(F)(F)F)cc2N2CCC(C(F)(F)F)CC2)ccc1F. The Kier molecular flexibility index (Phi) is 7.18. The Bertz CT molecular complexity index is 1070. The van der Waals surface area contributed by atoms with E-state index in [2.05, 4.69) is 5.32 Å². The molecule has 33 heavy (non-hydrogen) atoms. The molecule has 178 valence electrons. The summed E-state index contributed by atoms with van der Waals surface area (Å²) in [5, 5.41) is 1.59. The van der Waals surface area contributed by atoms with E-state index < -0.39 is 40.6 Å². The number of hydrogen-bond donors (Lipinski definition) is 1. The normalized spacial score (nSPS) is 15.5. The van der Waals surface area contributed by atoms with Crippen LogP contribution in [0.3, 0.4) is 0 Å². The molecule has 0 aliphatic carbocycles. The number of carbonyl (C=O) groups is 1. The molecule has 0 saturated carbocycles. The smallest absolute Gasteiger partial charge is 0.371 e. The van der Waals surface area contributed by atoms with Gasteiger partial charge in [0.1, 0.15) is 0 Å². The summed E-state index contributed by atoms with van der Waals surface area (Å²) in [4.78, 5) is 13.8. The predicted octanol–water partition coefficient (Wildman–Crippen LogP) is 6.32. The lowest BCUT2D eigenvalue weighted by Crippen LogP contribution is -2.40. The first kappa shape index (κ1) is 25.2. The van der Waals surface area contributed by atoms with Gasteiger partial charge in [0.05, 0.1) is 27.8 Å². The van der Waals surface area contributed by atoms with Crippen molar-refractivity contribution < 1.29 is 39.7 Å². The molecule has 0 aromatic heterocycles. The number of rotatable bonds is 4. The Labute approximate surface area is 192 Å². The molecule has 1 amide bonds. The maximum Gasteiger partial charge on any atom is 0.508 e. The number of alkyl halides is 6. The maximum atomic E-state index is 13.5. The number of nitrogens with zero attached hydrogens (tertiary/aromatic N) is 1. The molecule has 3 rings (SSSR count). The molecule has 2 aromatic rings. The lowest BCUT2D eigenvalue weighted by atomic mass is 9.95. The van der Waals surface area contributed by atoms with Gasteiger partial charge >= 0.3 is 28.9 Å². The molecule has 2 aromatic carbocycles. The third-order valence-electron chi connectivity index (χ3n) is 5.21. The molecule has 0 radical (unpaired) electrons. The quantitative estimate of drug-likeness (QED) is 0.383. The molecule has 1 aliphatic heterocycles. The third-order valence-corrected chi connectivity index (χ3v) is 6.02. The Morgan fingerprint density at radius 1 is 1.06 bits per heavy atom. The lowest BCUT2D eigenvalue weighted by molar-refractivity contribution is -0.179. The van der Waals surface area contributed by atoms with Crippen molar-refractivity contribution in [3.05, 3.63) is 52.3 Å². The number of halogens is 8. The first-order valence-corrected chi connectivity index (χ1v) is 10.6. The number of amides is 1. The number of hydrogen-bond acceptors (Lipinski definition) is 3. The van der Waals surface area contributed by atoms with Crippen molar-refractivity contribution in [3.8, 4) is 0 Å². The highest BCUT2D eigenvalue weighted by molar-refractivity contribution is 7.65. The molecule has 0 bridgehead atoms. The minimum Gasteiger partial charge on any atom is -0.371 e. The van der Waals surface area contributed by atoms with E-state index in [-0.39, 0.29) is 59.4 Å². The zero-order valence-electron chi connectivity index (χ0n) is 16.5. The second-order valence-corrected chi connectivity index (χ2v) is 8.35. The van der Waals surface area contributed by atoms with E-state index in [0.717, 1.165) is 24.3 Å². The summed E-state index contributed by atoms with van der Waals surface area (Å²) < 4.78 is 104. The molecule has 0 spiro atoms. The fraction of sp³-hybridized carbons (Fsp3) is 0.350. The maximum absolute atomic E-state index is 13.5. The number of benzene rings is 2. The molecule has 0 unspecified atom stereocenters. The van der Waals surface area contributed by atoms with E-state index in [4.69, 9.17) is 11.6 Å². The Hall–Kier alpha value is -2.47. The van der Waals surface area contributed by atoms with Gasteiger partial charge in [0.2, 0.25) is 0 Å². The topological polar surface area (TPSA) is 49.4 Å². The van der Waals surface area contributed by atoms with Crippen LogP contribution >= 0.6 is 11.6 Å². The number of anilines is 2. The van der Waals surface area contributed by atoms with Gasteiger partial charge in [0.15, 0.2) is 5.82 Å². The fourth-order valence-electron chi connectivity index (χ4n) is 3.51. The van der Waals surface area contributed by atoms with Crippen molar-refractivity contribution in [2.75, 3.05) is 23.3 Å². The van der Waals surface area contributed by atoms with Crippen molar-refractivity contribution in [3.63, 3.8) is 0 Å². The number of piperidine rings is 1. The third kappa shape index (κ3) is 5.72. The minimum atomic E-state index is -4.86. The second-order valence-electron chi connectivity index (χ2n) is 7.33. The molecule has 1 fully saturated rings. The zero-order valence-corrected chi connectivity index (χ0v) is 18.1. The fourth-order valence-corrected chi connectivity index (χ4v) is 4.11. The Morgan fingerprint density at radius 3 is 2.24 bits per heavy atom. The second kappa shape index (κ2) is 9.41. The average Bonchev–Trinajstić information content (AvgIpc) is 2.73. The van der Waals surface area contributed by atoms with Gasteiger partial charge in [-0.25, -0.2) is 4.39 Å². The average molecular weight is 516 g/mol. The van der Waals surface area contributed by atoms with Gasteiger partial charge in [-0.2, -0.15) is 26.3 Å². The van der Waals surface area contributed by atoms with E-state index in [1.807, 2.05) is 0 Å². The van der Waals surface area contributed by atoms with Crippen LogP contribution in [0.2, 0.25) is 5.02 Å². The van der Waals surface area contributed by atoms with E-state index in [9.17, 15) is 39.7 Å². The Morgan fingerprint density at radius 2 is 1.70 bits per heavy atom. The van der Waals surface area contributed by atoms with Crippen LogP contribution < -0.4 is 10.2 Å². The van der Waals surface area contributed by atoms with Crippen LogP contribution in [0.4, 0.5) is 42.1 Å². The predicted molar refractivity (Wildman–Crippen MR) is 108 cm³/mol. The van der Waals surface area contributed by atoms with Gasteiger partial charge in [-0.05, 0) is 37.1 Å². The minimum absolute atomic E-state index is 0.00231. The highest BCUT2D eigenvalue weighted by Crippen LogP contribution is 2.41. The van der Waals surface area contributed by atoms with Crippen molar-refractivity contribution in [1.82, 2.24) is 0 Å². The van der Waals surface area contributed by atoms with Crippen LogP contribution in [0.5, 0.6) is 0 Å². The molecular formula is C20H15ClF7N2O2S+. The lowest BCUT2D eigenvalue weighted by Gasteiger charge is -2.35. The summed E-state index contributed by atoms with van der Waals surface area (Å²) in [6.45, 7) is -0.451. The van der Waals surface area contributed by atoms with Crippen LogP contribution in [-0.4, -0.2) is 25.2 Å². The van der Waals surface area contributed by atoms with Crippen molar-refractivity contribution in [2.45, 2.75) is 30.1 Å². The largest absolute Gasteiger partial charge is 0.508 e. The van der Waals surface area contributed by atoms with Crippen LogP contribution in [-0.2, 0) is 22.1 Å². The summed E-state index contributed by atoms with van der Waals surface area (Å²) in [5.74, 6) is -3.34. The van der Waals surface area contributed by atoms with Crippen molar-refractivity contribution >= 4 is 40.5 Å². The van der Waals surface area contributed by atoms with Gasteiger partial charge in [-0.1, -0.05) is 11.6 Å². The molecule has 4 nitrogen and oxygen atoms in total. The van der Waals surface area contributed by atoms with Gasteiger partial charge in [-0.3, -0.25) is 4.79 Å². The molecule has 1 aliphatic rings. The van der Waals surface area contributed by atoms with Crippen LogP contribution in [0.25, 0.3) is 0 Å². The van der Waals surface area contributed by atoms with Gasteiger partial charge in [0.25, 0.3) is 5.91 Å². The number of nitrogens with one attached hydrogen (secondary N) is 1. The molecule has 1 saturated heterocycles. The van der Waals surface area contributed by atoms with Gasteiger partial charge < -0.3 is 10.2 Å². The van der Waals surface area contributed by atoms with Crippen molar-refractivity contribution in [1.29, 1.82) is 0 Å². The van der Waals surface area contributed by atoms with Crippen LogP contribution in [0.15, 0.2) is 35.2 Å². The number of carbonyl (C=O) groups excluding carboxylic acids is 1. The summed E-state index contributed by atoms with van der Waals surface area (Å²) in [7, 11) is 0. The standard InChI is InChI=1S/C20H14ClF7N2O2S/c21-14-8-12(18(31)29-11-1-2-15(22)17(7-11)33-32)16(9-13(14)20(26,27)28)30-5-3-10(4-6-30)19(23,24)25/h1-2,7-10H,3-6H2/p+1. The monoisotopic (exact) mass is 515 g/mol. The highest BCUT2D eigenvalue weighted by Gasteiger charge is 2.42. The summed E-state index contributed by atoms with van der Waals surface area (Å²) in [6, 6.07) is 4.54. The summed E-state index contributed by atoms with van der Waals surface area (Å²) >= 11 is 5.61. The van der Waals surface area contributed by atoms with Gasteiger partial charge in [-0.15, -0.1) is 0 Å². The first-order valence-electron chi connectivity index (χ1n) is 9.44. The molecular weight excluding hydrogens is 501 g/mol. The van der Waals surface area contributed by atoms with E-state index >= 15 is 0 Å². The zero-order chi connectivity index (χ0) is 24.6. The van der Waals surface area contributed by atoms with Gasteiger partial charge in [0, 0.05) is 29.1 Å². The Balaban J connectivity index is 1.97. The van der Waals surface area contributed by atoms with Crippen molar-refractivity contribution in [2.24, 2.45) is 5.92 Å². The highest BCUT2D eigenvalue weighted by atomic mass is 35.5.